The van der Waals surface area contributed by atoms with Crippen molar-refractivity contribution in [3.63, 3.8) is 0 Å². The third-order valence-electron chi connectivity index (χ3n) is 9.19. The van der Waals surface area contributed by atoms with Gasteiger partial charge in [0.25, 0.3) is 0 Å². The quantitative estimate of drug-likeness (QED) is 0.0951. The van der Waals surface area contributed by atoms with Gasteiger partial charge in [-0.25, -0.2) is 43.9 Å². The van der Waals surface area contributed by atoms with Crippen molar-refractivity contribution in [2.24, 2.45) is 0 Å². The van der Waals surface area contributed by atoms with Gasteiger partial charge in [0.05, 0.1) is 22.7 Å². The Morgan fingerprint density at radius 1 is 0.241 bits per heavy atom. The zero-order valence-corrected chi connectivity index (χ0v) is 27.2. The maximum absolute atomic E-state index is 15.9. The van der Waals surface area contributed by atoms with E-state index in [2.05, 4.69) is 0 Å². The molecule has 0 aliphatic heterocycles. The second kappa shape index (κ2) is 13.1. The lowest BCUT2D eigenvalue weighted by molar-refractivity contribution is 0.380. The molecule has 0 aromatic heterocycles. The van der Waals surface area contributed by atoms with Crippen molar-refractivity contribution in [3.8, 4) is 0 Å². The Morgan fingerprint density at radius 2 is 0.481 bits per heavy atom. The minimum absolute atomic E-state index is 0.0140. The molecule has 268 valence electrons. The van der Waals surface area contributed by atoms with E-state index in [1.807, 2.05) is 0 Å². The summed E-state index contributed by atoms with van der Waals surface area (Å²) in [5, 5.41) is 1.82. The molecule has 8 aromatic carbocycles. The molecule has 0 atom stereocenters. The summed E-state index contributed by atoms with van der Waals surface area (Å²) < 4.78 is 152. The van der Waals surface area contributed by atoms with E-state index >= 15 is 17.6 Å². The second-order valence-electron chi connectivity index (χ2n) is 12.2. The molecule has 0 N–H and O–H groups in total. The van der Waals surface area contributed by atoms with Crippen LogP contribution in [0.5, 0.6) is 0 Å². The van der Waals surface area contributed by atoms with Crippen molar-refractivity contribution in [2.75, 3.05) is 9.80 Å². The predicted molar refractivity (Wildman–Crippen MR) is 188 cm³/mol. The Hall–Kier alpha value is -6.56. The minimum Gasteiger partial charge on any atom is -0.304 e. The first-order valence-corrected chi connectivity index (χ1v) is 16.1. The summed E-state index contributed by atoms with van der Waals surface area (Å²) in [6, 6.07) is 30.4. The first-order chi connectivity index (χ1) is 26.0. The van der Waals surface area contributed by atoms with Gasteiger partial charge in [-0.1, -0.05) is 97.1 Å². The van der Waals surface area contributed by atoms with Gasteiger partial charge in [-0.2, -0.15) is 0 Å². The fourth-order valence-corrected chi connectivity index (χ4v) is 6.79. The molecule has 0 unspecified atom stereocenters. The van der Waals surface area contributed by atoms with Crippen LogP contribution < -0.4 is 9.80 Å². The van der Waals surface area contributed by atoms with Crippen molar-refractivity contribution in [1.82, 2.24) is 0 Å². The Labute approximate surface area is 299 Å². The van der Waals surface area contributed by atoms with Crippen LogP contribution >= 0.6 is 0 Å². The number of halogens is 10. The van der Waals surface area contributed by atoms with Crippen molar-refractivity contribution in [1.29, 1.82) is 0 Å². The highest BCUT2D eigenvalue weighted by Gasteiger charge is 2.34. The van der Waals surface area contributed by atoms with E-state index in [0.717, 1.165) is 9.80 Å². The lowest BCUT2D eigenvalue weighted by Gasteiger charge is -2.31. The molecular weight excluding hydrogens is 722 g/mol. The van der Waals surface area contributed by atoms with E-state index in [0.29, 0.717) is 21.5 Å². The molecule has 0 spiro atoms. The third-order valence-corrected chi connectivity index (χ3v) is 9.19. The molecule has 54 heavy (non-hydrogen) atoms. The van der Waals surface area contributed by atoms with Gasteiger partial charge >= 0.3 is 0 Å². The first kappa shape index (κ1) is 34.5. The van der Waals surface area contributed by atoms with Crippen LogP contribution in [0.1, 0.15) is 0 Å². The number of benzene rings is 8. The topological polar surface area (TPSA) is 6.48 Å². The van der Waals surface area contributed by atoms with Crippen LogP contribution in [0.4, 0.5) is 78.0 Å². The van der Waals surface area contributed by atoms with Crippen molar-refractivity contribution >= 4 is 66.4 Å². The van der Waals surface area contributed by atoms with E-state index in [1.54, 1.807) is 60.7 Å². The molecule has 0 aliphatic carbocycles. The van der Waals surface area contributed by atoms with Crippen molar-refractivity contribution < 1.29 is 43.9 Å². The largest absolute Gasteiger partial charge is 0.304 e. The van der Waals surface area contributed by atoms with Gasteiger partial charge in [0.2, 0.25) is 11.6 Å². The second-order valence-corrected chi connectivity index (χ2v) is 12.2. The molecular formula is C42H20F10N2. The molecule has 0 amide bonds. The molecule has 0 aliphatic rings. The number of nitrogens with zero attached hydrogens (tertiary/aromatic N) is 2. The Kier molecular flexibility index (Phi) is 8.40. The highest BCUT2D eigenvalue weighted by Crippen LogP contribution is 2.49. The summed E-state index contributed by atoms with van der Waals surface area (Å²) in [6.45, 7) is 0. The van der Waals surface area contributed by atoms with Crippen LogP contribution in [0.3, 0.4) is 0 Å². The van der Waals surface area contributed by atoms with Gasteiger partial charge in [0.1, 0.15) is 11.4 Å². The molecule has 12 heteroatoms. The predicted octanol–water partition coefficient (Wildman–Crippen LogP) is 13.5. The minimum atomic E-state index is -2.37. The summed E-state index contributed by atoms with van der Waals surface area (Å²) in [7, 11) is 0. The van der Waals surface area contributed by atoms with E-state index in [9.17, 15) is 26.3 Å². The standard InChI is InChI=1S/C42H20F10N2/c43-31-33(45)37(49)41(38(50)34(31)46)53(27-17-5-11-21-9-1-3-13-23(21)27)29-19-7-16-26-25(29)15-8-20-30(26)54(28-18-6-12-22-10-2-4-14-24(22)28)42-39(51)35(47)32(44)36(48)40(42)52/h1-20H. The van der Waals surface area contributed by atoms with E-state index in [4.69, 9.17) is 0 Å². The molecule has 0 bridgehead atoms. The van der Waals surface area contributed by atoms with Gasteiger partial charge < -0.3 is 9.80 Å². The fourth-order valence-electron chi connectivity index (χ4n) is 6.79. The van der Waals surface area contributed by atoms with Gasteiger partial charge in [-0.15, -0.1) is 0 Å². The maximum atomic E-state index is 15.9. The number of hydrogen-bond acceptors (Lipinski definition) is 2. The average Bonchev–Trinajstić information content (AvgIpc) is 3.20. The summed E-state index contributed by atoms with van der Waals surface area (Å²) in [5.74, 6) is -22.2. The summed E-state index contributed by atoms with van der Waals surface area (Å²) in [4.78, 5) is 1.68. The molecule has 0 radical (unpaired) electrons. The van der Waals surface area contributed by atoms with Gasteiger partial charge in [-0.3, -0.25) is 0 Å². The van der Waals surface area contributed by atoms with E-state index in [-0.39, 0.29) is 33.5 Å². The average molecular weight is 743 g/mol. The molecule has 0 heterocycles. The van der Waals surface area contributed by atoms with Crippen LogP contribution in [0, 0.1) is 58.2 Å². The van der Waals surface area contributed by atoms with Crippen LogP contribution in [0.15, 0.2) is 121 Å². The smallest absolute Gasteiger partial charge is 0.200 e. The lowest BCUT2D eigenvalue weighted by Crippen LogP contribution is -2.19. The third kappa shape index (κ3) is 5.19. The van der Waals surface area contributed by atoms with Crippen molar-refractivity contribution in [3.05, 3.63) is 179 Å². The highest BCUT2D eigenvalue weighted by atomic mass is 19.2. The van der Waals surface area contributed by atoms with Gasteiger partial charge in [-0.05, 0) is 35.0 Å². The number of rotatable bonds is 6. The fraction of sp³-hybridized carbons (Fsp3) is 0. The van der Waals surface area contributed by atoms with E-state index in [1.165, 1.54) is 60.7 Å². The number of hydrogen-bond donors (Lipinski definition) is 0. The molecule has 0 saturated carbocycles. The van der Waals surface area contributed by atoms with E-state index < -0.39 is 69.5 Å². The molecule has 0 fully saturated rings. The van der Waals surface area contributed by atoms with Gasteiger partial charge in [0, 0.05) is 21.5 Å². The normalized spacial score (nSPS) is 11.5. The number of fused-ring (bicyclic) bond motifs is 3. The SMILES string of the molecule is Fc1c(F)c(F)c(N(c2cccc3ccccc23)c2cccc3c(N(c4c(F)c(F)c(F)c(F)c4F)c4cccc5ccccc45)cccc23)c(F)c1F. The maximum Gasteiger partial charge on any atom is 0.200 e. The molecule has 2 nitrogen and oxygen atoms in total. The van der Waals surface area contributed by atoms with Crippen LogP contribution in [-0.4, -0.2) is 0 Å². The van der Waals surface area contributed by atoms with Crippen LogP contribution in [-0.2, 0) is 0 Å². The molecule has 8 rings (SSSR count). The van der Waals surface area contributed by atoms with Crippen molar-refractivity contribution in [2.45, 2.75) is 0 Å². The summed E-state index contributed by atoms with van der Waals surface area (Å²) in [6.07, 6.45) is 0. The Balaban J connectivity index is 1.50. The van der Waals surface area contributed by atoms with Crippen LogP contribution in [0.2, 0.25) is 0 Å². The first-order valence-electron chi connectivity index (χ1n) is 16.1. The summed E-state index contributed by atoms with van der Waals surface area (Å²) in [5.41, 5.74) is -3.01. The Morgan fingerprint density at radius 3 is 0.833 bits per heavy atom. The lowest BCUT2D eigenvalue weighted by atomic mass is 10.0. The van der Waals surface area contributed by atoms with Gasteiger partial charge in [0.15, 0.2) is 46.5 Å². The Bertz CT molecular complexity index is 2560. The zero-order chi connectivity index (χ0) is 38.0. The zero-order valence-electron chi connectivity index (χ0n) is 27.2. The number of anilines is 6. The monoisotopic (exact) mass is 742 g/mol. The van der Waals surface area contributed by atoms with Crippen LogP contribution in [0.25, 0.3) is 32.3 Å². The summed E-state index contributed by atoms with van der Waals surface area (Å²) >= 11 is 0. The highest BCUT2D eigenvalue weighted by molar-refractivity contribution is 6.10. The molecule has 0 saturated heterocycles. The molecule has 8 aromatic rings.